The van der Waals surface area contributed by atoms with Crippen molar-refractivity contribution >= 4 is 38.4 Å². The summed E-state index contributed by atoms with van der Waals surface area (Å²) in [6, 6.07) is 17.0. The SMILES string of the molecule is Cc1cc(-c2cc(C3(NC(=O)c4cc(OC([SiH3])[C@@H]5CCN5)ccc4C)CC3)c3cccnc3c2)cs1. The van der Waals surface area contributed by atoms with Crippen LogP contribution in [0.1, 0.15) is 45.6 Å². The van der Waals surface area contributed by atoms with E-state index in [0.717, 1.165) is 69.4 Å². The lowest BCUT2D eigenvalue weighted by Crippen LogP contribution is -2.53. The van der Waals surface area contributed by atoms with Crippen molar-refractivity contribution in [2.75, 3.05) is 6.54 Å². The van der Waals surface area contributed by atoms with Crippen molar-refractivity contribution in [1.29, 1.82) is 0 Å². The van der Waals surface area contributed by atoms with E-state index < -0.39 is 0 Å². The van der Waals surface area contributed by atoms with Gasteiger partial charge in [-0.05, 0) is 104 Å². The van der Waals surface area contributed by atoms with E-state index in [1.165, 1.54) is 10.4 Å². The first-order valence-electron chi connectivity index (χ1n) is 12.7. The molecule has 1 saturated heterocycles. The summed E-state index contributed by atoms with van der Waals surface area (Å²) in [7, 11) is 0.939. The zero-order chi connectivity index (χ0) is 24.9. The van der Waals surface area contributed by atoms with Gasteiger partial charge >= 0.3 is 0 Å². The Morgan fingerprint density at radius 3 is 2.72 bits per heavy atom. The molecular formula is C29H31N3O2SSi. The second kappa shape index (κ2) is 9.14. The molecule has 184 valence electrons. The van der Waals surface area contributed by atoms with E-state index in [9.17, 15) is 4.79 Å². The number of fused-ring (bicyclic) bond motifs is 1. The molecule has 1 aliphatic heterocycles. The number of hydrogen-bond acceptors (Lipinski definition) is 5. The van der Waals surface area contributed by atoms with Crippen LogP contribution in [0.5, 0.6) is 5.75 Å². The number of pyridine rings is 1. The fraction of sp³-hybridized carbons (Fsp3) is 0.310. The van der Waals surface area contributed by atoms with Crippen molar-refractivity contribution in [2.45, 2.75) is 50.4 Å². The van der Waals surface area contributed by atoms with Crippen LogP contribution < -0.4 is 15.4 Å². The fourth-order valence-electron chi connectivity index (χ4n) is 5.14. The summed E-state index contributed by atoms with van der Waals surface area (Å²) in [6.07, 6.45) is 4.83. The quantitative estimate of drug-likeness (QED) is 0.359. The van der Waals surface area contributed by atoms with E-state index in [1.54, 1.807) is 11.3 Å². The number of ether oxygens (including phenoxy) is 1. The fourth-order valence-corrected chi connectivity index (χ4v) is 6.69. The molecule has 1 aliphatic carbocycles. The first kappa shape index (κ1) is 23.4. The zero-order valence-corrected chi connectivity index (χ0v) is 23.7. The van der Waals surface area contributed by atoms with Gasteiger partial charge in [0.15, 0.2) is 0 Å². The predicted octanol–water partition coefficient (Wildman–Crippen LogP) is 4.43. The van der Waals surface area contributed by atoms with Gasteiger partial charge in [0.25, 0.3) is 5.91 Å². The number of carbonyl (C=O) groups excluding carboxylic acids is 1. The second-order valence-corrected chi connectivity index (χ2v) is 12.5. The molecule has 1 unspecified atom stereocenters. The summed E-state index contributed by atoms with van der Waals surface area (Å²) < 4.78 is 6.23. The number of nitrogens with one attached hydrogen (secondary N) is 2. The minimum absolute atomic E-state index is 0.0454. The van der Waals surface area contributed by atoms with Crippen LogP contribution in [0.4, 0.5) is 0 Å². The number of benzene rings is 2. The number of aryl methyl sites for hydroxylation is 2. The summed E-state index contributed by atoms with van der Waals surface area (Å²) in [5, 5.41) is 10.1. The van der Waals surface area contributed by atoms with E-state index in [2.05, 4.69) is 52.2 Å². The maximum Gasteiger partial charge on any atom is 0.252 e. The van der Waals surface area contributed by atoms with Crippen LogP contribution in [0, 0.1) is 13.8 Å². The van der Waals surface area contributed by atoms with Crippen molar-refractivity contribution in [1.82, 2.24) is 15.6 Å². The third kappa shape index (κ3) is 4.36. The van der Waals surface area contributed by atoms with Crippen LogP contribution in [0.2, 0.25) is 0 Å². The molecule has 2 aromatic carbocycles. The number of nitrogens with zero attached hydrogens (tertiary/aromatic N) is 1. The number of carbonyl (C=O) groups is 1. The number of rotatable bonds is 7. The van der Waals surface area contributed by atoms with Gasteiger partial charge in [0.1, 0.15) is 5.75 Å². The molecule has 1 amide bonds. The lowest BCUT2D eigenvalue weighted by Gasteiger charge is -2.33. The standard InChI is InChI=1S/C29H31N3O2SSi/c1-17-5-6-21(34-28(36)25-7-11-31-25)15-23(17)27(33)32-29(8-9-29)24-13-19(20-12-18(2)35-16-20)14-26-22(24)4-3-10-30-26/h3-6,10,12-16,25,28,31H,7-9,11H2,1-2,36H3,(H,32,33)/t25-,28?/m0/s1. The molecule has 0 radical (unpaired) electrons. The minimum atomic E-state index is -0.376. The third-order valence-corrected chi connectivity index (χ3v) is 9.51. The maximum atomic E-state index is 13.6. The molecule has 2 N–H and O–H groups in total. The van der Waals surface area contributed by atoms with Crippen LogP contribution in [-0.4, -0.2) is 39.4 Å². The Morgan fingerprint density at radius 1 is 1.19 bits per heavy atom. The molecule has 1 saturated carbocycles. The van der Waals surface area contributed by atoms with Crippen LogP contribution in [0.25, 0.3) is 22.0 Å². The molecule has 2 fully saturated rings. The molecule has 4 aromatic rings. The Bertz CT molecular complexity index is 1460. The number of amides is 1. The third-order valence-electron chi connectivity index (χ3n) is 7.61. The highest BCUT2D eigenvalue weighted by Crippen LogP contribution is 2.49. The molecule has 0 bridgehead atoms. The van der Waals surface area contributed by atoms with Gasteiger partial charge in [-0.2, -0.15) is 0 Å². The largest absolute Gasteiger partial charge is 0.494 e. The van der Waals surface area contributed by atoms with Crippen molar-refractivity contribution < 1.29 is 9.53 Å². The first-order valence-corrected chi connectivity index (χ1v) is 14.7. The van der Waals surface area contributed by atoms with Gasteiger partial charge in [-0.15, -0.1) is 11.3 Å². The van der Waals surface area contributed by atoms with Crippen molar-refractivity contribution in [3.05, 3.63) is 81.7 Å². The molecule has 3 heterocycles. The molecule has 6 rings (SSSR count). The van der Waals surface area contributed by atoms with Gasteiger partial charge in [-0.3, -0.25) is 9.78 Å². The monoisotopic (exact) mass is 513 g/mol. The van der Waals surface area contributed by atoms with Gasteiger partial charge in [-0.25, -0.2) is 0 Å². The number of aromatic nitrogens is 1. The molecule has 5 nitrogen and oxygen atoms in total. The Kier molecular flexibility index (Phi) is 5.94. The molecule has 7 heteroatoms. The highest BCUT2D eigenvalue weighted by atomic mass is 32.1. The van der Waals surface area contributed by atoms with Crippen LogP contribution in [0.3, 0.4) is 0 Å². The minimum Gasteiger partial charge on any atom is -0.494 e. The molecule has 36 heavy (non-hydrogen) atoms. The molecule has 2 atom stereocenters. The highest BCUT2D eigenvalue weighted by Gasteiger charge is 2.47. The lowest BCUT2D eigenvalue weighted by atomic mass is 9.94. The van der Waals surface area contributed by atoms with Crippen molar-refractivity contribution in [2.24, 2.45) is 0 Å². The zero-order valence-electron chi connectivity index (χ0n) is 20.9. The normalized spacial score (nSPS) is 19.0. The van der Waals surface area contributed by atoms with E-state index in [4.69, 9.17) is 4.74 Å². The lowest BCUT2D eigenvalue weighted by molar-refractivity contribution is 0.0929. The molecule has 2 aromatic heterocycles. The Hall–Kier alpha value is -3.00. The first-order chi connectivity index (χ1) is 17.4. The molecule has 2 aliphatic rings. The summed E-state index contributed by atoms with van der Waals surface area (Å²) in [5.74, 6) is 0.727. The maximum absolute atomic E-state index is 13.6. The van der Waals surface area contributed by atoms with E-state index in [1.807, 2.05) is 37.4 Å². The topological polar surface area (TPSA) is 63.2 Å². The summed E-state index contributed by atoms with van der Waals surface area (Å²) in [5.41, 5.74) is 5.93. The van der Waals surface area contributed by atoms with Crippen molar-refractivity contribution in [3.63, 3.8) is 0 Å². The summed E-state index contributed by atoms with van der Waals surface area (Å²) in [6.45, 7) is 5.18. The van der Waals surface area contributed by atoms with Gasteiger partial charge in [0.2, 0.25) is 0 Å². The number of hydrogen-bond donors (Lipinski definition) is 2. The van der Waals surface area contributed by atoms with E-state index >= 15 is 0 Å². The predicted molar refractivity (Wildman–Crippen MR) is 150 cm³/mol. The van der Waals surface area contributed by atoms with E-state index in [-0.39, 0.29) is 17.2 Å². The van der Waals surface area contributed by atoms with Gasteiger partial charge in [0.05, 0.1) is 27.0 Å². The van der Waals surface area contributed by atoms with Crippen LogP contribution >= 0.6 is 11.3 Å². The van der Waals surface area contributed by atoms with Gasteiger partial charge < -0.3 is 15.4 Å². The van der Waals surface area contributed by atoms with Crippen LogP contribution in [0.15, 0.2) is 60.1 Å². The summed E-state index contributed by atoms with van der Waals surface area (Å²) >= 11 is 1.75. The van der Waals surface area contributed by atoms with Gasteiger partial charge in [-0.1, -0.05) is 12.1 Å². The Labute approximate surface area is 218 Å². The van der Waals surface area contributed by atoms with Crippen molar-refractivity contribution in [3.8, 4) is 16.9 Å². The molecular weight excluding hydrogens is 482 g/mol. The highest BCUT2D eigenvalue weighted by molar-refractivity contribution is 7.10. The number of thiophene rings is 1. The molecule has 0 spiro atoms. The Morgan fingerprint density at radius 2 is 2.03 bits per heavy atom. The average molecular weight is 514 g/mol. The van der Waals surface area contributed by atoms with Gasteiger partial charge in [0, 0.05) is 28.1 Å². The Balaban J connectivity index is 1.32. The average Bonchev–Trinajstić information content (AvgIpc) is 3.48. The smallest absolute Gasteiger partial charge is 0.252 e. The van der Waals surface area contributed by atoms with Crippen LogP contribution in [-0.2, 0) is 5.54 Å². The summed E-state index contributed by atoms with van der Waals surface area (Å²) in [4.78, 5) is 19.6. The second-order valence-electron chi connectivity index (χ2n) is 10.2. The van der Waals surface area contributed by atoms with E-state index in [0.29, 0.717) is 11.6 Å².